The van der Waals surface area contributed by atoms with Crippen LogP contribution in [0.5, 0.6) is 0 Å². The first-order valence-electron chi connectivity index (χ1n) is 16.5. The molecular weight excluding hydrogens is 763 g/mol. The highest BCUT2D eigenvalue weighted by atomic mass is 31.2. The standard InChI is InChI=1S/C33H43O21P/c1-16(34)43-14-24-26(46-18(3)36)28(47-19(4)37)30(49-21(6)39)32(51-24)53-27-25(15-44-17(2)35)52-33(31(50-22(7)40)29(27)48-20(5)38)54-55(41,42)45-13-23-11-9-8-10-12-23/h8-12,24-33H,13-15H2,1-7H3,(H,41,42)/t24-,25-,26-,27-,28+,29+,30-,31-,32+,33-/m1/s1. The molecule has 0 amide bonds. The zero-order chi connectivity index (χ0) is 41.0. The van der Waals surface area contributed by atoms with Crippen molar-refractivity contribution in [3.63, 3.8) is 0 Å². The molecule has 1 aromatic carbocycles. The Morgan fingerprint density at radius 3 is 1.44 bits per heavy atom. The zero-order valence-electron chi connectivity index (χ0n) is 30.8. The molecule has 22 heteroatoms. The molecule has 306 valence electrons. The van der Waals surface area contributed by atoms with Gasteiger partial charge in [-0.2, -0.15) is 0 Å². The Balaban J connectivity index is 2.13. The minimum atomic E-state index is -5.10. The van der Waals surface area contributed by atoms with E-state index < -0.39 is 131 Å². The summed E-state index contributed by atoms with van der Waals surface area (Å²) in [5.74, 6) is -6.52. The molecule has 2 fully saturated rings. The fourth-order valence-electron chi connectivity index (χ4n) is 5.45. The number of carbonyl (C=O) groups is 7. The first-order valence-corrected chi connectivity index (χ1v) is 18.0. The van der Waals surface area contributed by atoms with E-state index in [1.165, 1.54) is 0 Å². The van der Waals surface area contributed by atoms with Gasteiger partial charge in [0, 0.05) is 48.5 Å². The zero-order valence-corrected chi connectivity index (χ0v) is 31.7. The van der Waals surface area contributed by atoms with Crippen LogP contribution in [-0.4, -0.2) is 121 Å². The van der Waals surface area contributed by atoms with Gasteiger partial charge in [-0.15, -0.1) is 0 Å². The molecule has 1 aromatic rings. The summed E-state index contributed by atoms with van der Waals surface area (Å²) in [5, 5.41) is 0. The highest BCUT2D eigenvalue weighted by Crippen LogP contribution is 2.48. The van der Waals surface area contributed by atoms with Gasteiger partial charge in [-0.25, -0.2) is 4.57 Å². The van der Waals surface area contributed by atoms with Crippen LogP contribution in [0.15, 0.2) is 30.3 Å². The SMILES string of the molecule is CC(=O)OC[C@H]1O[C@@H](O[C@H]2[C@H](OC(C)=O)[C@@H](OC(C)=O)[C@@H](OP(=O)(O)OCc3ccccc3)O[C@@H]2COC(C)=O)[C@H](OC(C)=O)[C@@H](OC(C)=O)[C@@H]1OC(C)=O. The van der Waals surface area contributed by atoms with E-state index in [0.717, 1.165) is 48.5 Å². The number of ether oxygens (including phenoxy) is 10. The van der Waals surface area contributed by atoms with Crippen LogP contribution in [0.25, 0.3) is 0 Å². The minimum absolute atomic E-state index is 0.418. The summed E-state index contributed by atoms with van der Waals surface area (Å²) >= 11 is 0. The summed E-state index contributed by atoms with van der Waals surface area (Å²) in [6, 6.07) is 8.20. The Morgan fingerprint density at radius 2 is 0.964 bits per heavy atom. The highest BCUT2D eigenvalue weighted by Gasteiger charge is 2.58. The summed E-state index contributed by atoms with van der Waals surface area (Å²) in [6.07, 6.45) is -17.8. The van der Waals surface area contributed by atoms with Gasteiger partial charge in [-0.05, 0) is 5.56 Å². The molecule has 0 aromatic heterocycles. The van der Waals surface area contributed by atoms with E-state index in [4.69, 9.17) is 56.4 Å². The number of rotatable bonds is 16. The van der Waals surface area contributed by atoms with Gasteiger partial charge in [-0.1, -0.05) is 30.3 Å². The Morgan fingerprint density at radius 1 is 0.564 bits per heavy atom. The molecule has 2 heterocycles. The smallest absolute Gasteiger partial charge is 0.463 e. The normalized spacial score (nSPS) is 28.7. The maximum atomic E-state index is 13.2. The maximum absolute atomic E-state index is 13.2. The quantitative estimate of drug-likeness (QED) is 0.138. The molecule has 2 aliphatic heterocycles. The van der Waals surface area contributed by atoms with E-state index in [0.29, 0.717) is 5.56 Å². The molecule has 1 N–H and O–H groups in total. The molecule has 3 rings (SSSR count). The van der Waals surface area contributed by atoms with Crippen molar-refractivity contribution in [2.24, 2.45) is 0 Å². The van der Waals surface area contributed by atoms with E-state index in [1.807, 2.05) is 0 Å². The van der Waals surface area contributed by atoms with Crippen molar-refractivity contribution in [3.8, 4) is 0 Å². The summed E-state index contributed by atoms with van der Waals surface area (Å²) in [4.78, 5) is 96.3. The first-order chi connectivity index (χ1) is 25.8. The van der Waals surface area contributed by atoms with Gasteiger partial charge in [0.25, 0.3) is 0 Å². The molecule has 21 nitrogen and oxygen atoms in total. The lowest BCUT2D eigenvalue weighted by atomic mass is 9.96. The number of hydrogen-bond donors (Lipinski definition) is 1. The summed E-state index contributed by atoms with van der Waals surface area (Å²) in [7, 11) is -5.10. The maximum Gasteiger partial charge on any atom is 0.474 e. The molecule has 0 bridgehead atoms. The summed E-state index contributed by atoms with van der Waals surface area (Å²) in [5.41, 5.74) is 0.477. The molecule has 0 saturated carbocycles. The van der Waals surface area contributed by atoms with E-state index in [2.05, 4.69) is 0 Å². The number of benzene rings is 1. The lowest BCUT2D eigenvalue weighted by Crippen LogP contribution is -2.67. The second-order valence-corrected chi connectivity index (χ2v) is 13.4. The van der Waals surface area contributed by atoms with E-state index in [9.17, 15) is 43.0 Å². The van der Waals surface area contributed by atoms with Crippen molar-refractivity contribution in [1.82, 2.24) is 0 Å². The van der Waals surface area contributed by atoms with Crippen molar-refractivity contribution in [2.75, 3.05) is 13.2 Å². The van der Waals surface area contributed by atoms with E-state index in [-0.39, 0.29) is 0 Å². The summed E-state index contributed by atoms with van der Waals surface area (Å²) in [6.45, 7) is 5.22. The number of hydrogen-bond acceptors (Lipinski definition) is 20. The van der Waals surface area contributed by atoms with E-state index >= 15 is 0 Å². The topological polar surface area (TPSA) is 268 Å². The first kappa shape index (κ1) is 44.9. The Labute approximate surface area is 314 Å². The molecule has 1 unspecified atom stereocenters. The van der Waals surface area contributed by atoms with Crippen molar-refractivity contribution in [2.45, 2.75) is 116 Å². The highest BCUT2D eigenvalue weighted by molar-refractivity contribution is 7.47. The minimum Gasteiger partial charge on any atom is -0.463 e. The van der Waals surface area contributed by atoms with Crippen LogP contribution in [0.4, 0.5) is 0 Å². The molecule has 0 spiro atoms. The molecule has 0 radical (unpaired) electrons. The van der Waals surface area contributed by atoms with E-state index in [1.54, 1.807) is 30.3 Å². The second kappa shape index (κ2) is 20.4. The number of esters is 7. The monoisotopic (exact) mass is 806 g/mol. The molecular formula is C33H43O21P. The van der Waals surface area contributed by atoms with Crippen molar-refractivity contribution in [3.05, 3.63) is 35.9 Å². The molecule has 55 heavy (non-hydrogen) atoms. The van der Waals surface area contributed by atoms with Gasteiger partial charge in [-0.3, -0.25) is 42.6 Å². The van der Waals surface area contributed by atoms with Crippen LogP contribution < -0.4 is 0 Å². The Kier molecular flexibility index (Phi) is 16.7. The third kappa shape index (κ3) is 14.3. The van der Waals surface area contributed by atoms with Crippen LogP contribution >= 0.6 is 7.82 Å². The van der Waals surface area contributed by atoms with Crippen LogP contribution in [0.2, 0.25) is 0 Å². The number of phosphoric ester groups is 1. The number of carbonyl (C=O) groups excluding carboxylic acids is 7. The largest absolute Gasteiger partial charge is 0.474 e. The Hall–Kier alpha value is -4.50. The fraction of sp³-hybridized carbons (Fsp3) is 0.606. The van der Waals surface area contributed by atoms with Crippen molar-refractivity contribution >= 4 is 49.6 Å². The second-order valence-electron chi connectivity index (χ2n) is 12.0. The number of phosphoric acid groups is 1. The average molecular weight is 807 g/mol. The van der Waals surface area contributed by atoms with Crippen molar-refractivity contribution in [1.29, 1.82) is 0 Å². The molecule has 2 aliphatic rings. The molecule has 0 aliphatic carbocycles. The van der Waals surface area contributed by atoms with Crippen LogP contribution in [-0.2, 0) is 101 Å². The van der Waals surface area contributed by atoms with Gasteiger partial charge < -0.3 is 52.3 Å². The lowest BCUT2D eigenvalue weighted by Gasteiger charge is -2.48. The van der Waals surface area contributed by atoms with Crippen LogP contribution in [0.3, 0.4) is 0 Å². The predicted molar refractivity (Wildman–Crippen MR) is 175 cm³/mol. The van der Waals surface area contributed by atoms with Crippen molar-refractivity contribution < 1.29 is 99.4 Å². The van der Waals surface area contributed by atoms with Gasteiger partial charge in [0.1, 0.15) is 31.5 Å². The van der Waals surface area contributed by atoms with Gasteiger partial charge >= 0.3 is 49.6 Å². The third-order valence-corrected chi connectivity index (χ3v) is 8.29. The summed E-state index contributed by atoms with van der Waals surface area (Å²) < 4.78 is 79.1. The third-order valence-electron chi connectivity index (χ3n) is 7.36. The van der Waals surface area contributed by atoms with Gasteiger partial charge in [0.2, 0.25) is 6.29 Å². The van der Waals surface area contributed by atoms with Crippen LogP contribution in [0, 0.1) is 0 Å². The lowest BCUT2D eigenvalue weighted by molar-refractivity contribution is -0.355. The van der Waals surface area contributed by atoms with Crippen LogP contribution in [0.1, 0.15) is 54.0 Å². The molecule has 11 atom stereocenters. The van der Waals surface area contributed by atoms with Gasteiger partial charge in [0.05, 0.1) is 6.61 Å². The average Bonchev–Trinajstić information content (AvgIpc) is 3.06. The molecule has 2 saturated heterocycles. The predicted octanol–water partition coefficient (Wildman–Crippen LogP) is 0.940. The Bertz CT molecular complexity index is 1580. The van der Waals surface area contributed by atoms with Gasteiger partial charge in [0.15, 0.2) is 36.8 Å². The fourth-order valence-corrected chi connectivity index (χ4v) is 6.25.